The van der Waals surface area contributed by atoms with Crippen LogP contribution in [0.2, 0.25) is 0 Å². The molecular formula is C20H18N6O. The lowest BCUT2D eigenvalue weighted by atomic mass is 10.2. The van der Waals surface area contributed by atoms with Crippen molar-refractivity contribution in [3.8, 4) is 0 Å². The van der Waals surface area contributed by atoms with E-state index in [0.29, 0.717) is 13.1 Å². The maximum Gasteiger partial charge on any atom is 0.152 e. The van der Waals surface area contributed by atoms with Crippen LogP contribution < -0.4 is 5.32 Å². The predicted octanol–water partition coefficient (Wildman–Crippen LogP) is 3.46. The molecule has 0 fully saturated rings. The maximum absolute atomic E-state index is 5.16. The molecule has 0 atom stereocenters. The molecule has 3 aromatic heterocycles. The fourth-order valence-corrected chi connectivity index (χ4v) is 3.44. The normalized spacial score (nSPS) is 13.0. The first-order chi connectivity index (χ1) is 13.2. The number of rotatable bonds is 3. The van der Waals surface area contributed by atoms with Gasteiger partial charge in [0.05, 0.1) is 24.3 Å². The molecule has 7 heteroatoms. The molecule has 0 aliphatic carbocycles. The Morgan fingerprint density at radius 3 is 2.96 bits per heavy atom. The lowest BCUT2D eigenvalue weighted by Crippen LogP contribution is -2.13. The molecule has 1 aliphatic rings. The van der Waals surface area contributed by atoms with Crippen LogP contribution in [0.1, 0.15) is 28.4 Å². The van der Waals surface area contributed by atoms with Crippen LogP contribution >= 0.6 is 0 Å². The van der Waals surface area contributed by atoms with Crippen LogP contribution in [-0.4, -0.2) is 25.8 Å². The molecule has 0 spiro atoms. The summed E-state index contributed by atoms with van der Waals surface area (Å²) in [6, 6.07) is 12.1. The molecule has 0 bridgehead atoms. The number of hydrogen-bond acceptors (Lipinski definition) is 6. The molecule has 4 heterocycles. The number of nitrogens with zero attached hydrogens (tertiary/aromatic N) is 5. The third-order valence-corrected chi connectivity index (χ3v) is 4.71. The van der Waals surface area contributed by atoms with E-state index >= 15 is 0 Å². The van der Waals surface area contributed by atoms with Gasteiger partial charge in [0.1, 0.15) is 17.1 Å². The number of aliphatic imine (C=N–C) groups is 1. The van der Waals surface area contributed by atoms with Gasteiger partial charge in [0.15, 0.2) is 5.84 Å². The van der Waals surface area contributed by atoms with E-state index in [1.807, 2.05) is 36.7 Å². The zero-order chi connectivity index (χ0) is 18.4. The van der Waals surface area contributed by atoms with E-state index in [9.17, 15) is 0 Å². The summed E-state index contributed by atoms with van der Waals surface area (Å²) in [4.78, 5) is 9.01. The largest absolute Gasteiger partial charge is 0.361 e. The van der Waals surface area contributed by atoms with E-state index in [0.717, 1.165) is 50.8 Å². The molecular weight excluding hydrogens is 340 g/mol. The Labute approximate surface area is 155 Å². The van der Waals surface area contributed by atoms with Crippen LogP contribution in [0.5, 0.6) is 0 Å². The van der Waals surface area contributed by atoms with Crippen LogP contribution in [-0.2, 0) is 13.1 Å². The second-order valence-electron chi connectivity index (χ2n) is 6.70. The van der Waals surface area contributed by atoms with Crippen LogP contribution in [0.4, 0.5) is 5.69 Å². The first-order valence-electron chi connectivity index (χ1n) is 8.82. The quantitative estimate of drug-likeness (QED) is 0.606. The van der Waals surface area contributed by atoms with Gasteiger partial charge in [-0.15, -0.1) is 0 Å². The number of hydrogen-bond donors (Lipinski definition) is 1. The lowest BCUT2D eigenvalue weighted by molar-refractivity contribution is 0.388. The van der Waals surface area contributed by atoms with Gasteiger partial charge in [-0.1, -0.05) is 11.2 Å². The summed E-state index contributed by atoms with van der Waals surface area (Å²) in [5, 5.41) is 13.2. The molecule has 0 saturated carbocycles. The summed E-state index contributed by atoms with van der Waals surface area (Å²) < 4.78 is 7.11. The zero-order valence-electron chi connectivity index (χ0n) is 15.1. The van der Waals surface area contributed by atoms with Crippen molar-refractivity contribution in [3.63, 3.8) is 0 Å². The van der Waals surface area contributed by atoms with Gasteiger partial charge in [-0.2, -0.15) is 5.10 Å². The number of benzene rings is 1. The predicted molar refractivity (Wildman–Crippen MR) is 103 cm³/mol. The Morgan fingerprint density at radius 1 is 1.19 bits per heavy atom. The number of aryl methyl sites for hydroxylation is 2. The van der Waals surface area contributed by atoms with Gasteiger partial charge in [0, 0.05) is 28.9 Å². The summed E-state index contributed by atoms with van der Waals surface area (Å²) in [6.07, 6.45) is 1.80. The molecule has 0 amide bonds. The molecule has 1 aromatic carbocycles. The number of aromatic nitrogens is 4. The second kappa shape index (κ2) is 6.05. The maximum atomic E-state index is 5.16. The van der Waals surface area contributed by atoms with Gasteiger partial charge in [-0.3, -0.25) is 14.7 Å². The van der Waals surface area contributed by atoms with Gasteiger partial charge in [-0.05, 0) is 38.1 Å². The standard InChI is InChI=1S/C20H18N6O/c1-12-8-16(25-27-12)11-26-18-6-5-15(9-17(18)13(2)24-26)23-20-19-14(10-22-20)4-3-7-21-19/h3-9H,10-11H2,1-2H3,(H,22,23). The van der Waals surface area contributed by atoms with Crippen molar-refractivity contribution >= 4 is 22.4 Å². The van der Waals surface area contributed by atoms with Crippen molar-refractivity contribution in [2.45, 2.75) is 26.9 Å². The number of fused-ring (bicyclic) bond motifs is 2. The van der Waals surface area contributed by atoms with Gasteiger partial charge in [0.2, 0.25) is 0 Å². The summed E-state index contributed by atoms with van der Waals surface area (Å²) in [5.41, 5.74) is 5.94. The Morgan fingerprint density at radius 2 is 2.11 bits per heavy atom. The van der Waals surface area contributed by atoms with Crippen molar-refractivity contribution in [2.24, 2.45) is 4.99 Å². The molecule has 134 valence electrons. The van der Waals surface area contributed by atoms with E-state index in [4.69, 9.17) is 4.52 Å². The highest BCUT2D eigenvalue weighted by Gasteiger charge is 2.17. The average molecular weight is 358 g/mol. The van der Waals surface area contributed by atoms with Crippen molar-refractivity contribution in [1.82, 2.24) is 19.9 Å². The summed E-state index contributed by atoms with van der Waals surface area (Å²) in [5.74, 6) is 1.61. The Balaban J connectivity index is 1.45. The number of nitrogens with one attached hydrogen (secondary N) is 1. The van der Waals surface area contributed by atoms with Gasteiger partial charge < -0.3 is 9.84 Å². The number of amidine groups is 1. The summed E-state index contributed by atoms with van der Waals surface area (Å²) in [7, 11) is 0. The van der Waals surface area contributed by atoms with E-state index in [-0.39, 0.29) is 0 Å². The highest BCUT2D eigenvalue weighted by molar-refractivity contribution is 6.09. The minimum Gasteiger partial charge on any atom is -0.361 e. The van der Waals surface area contributed by atoms with Gasteiger partial charge in [-0.25, -0.2) is 0 Å². The molecule has 0 radical (unpaired) electrons. The first kappa shape index (κ1) is 15.7. The van der Waals surface area contributed by atoms with E-state index in [1.54, 1.807) is 6.20 Å². The molecule has 0 unspecified atom stereocenters. The minimum atomic E-state index is 0.582. The third-order valence-electron chi connectivity index (χ3n) is 4.71. The second-order valence-corrected chi connectivity index (χ2v) is 6.70. The van der Waals surface area contributed by atoms with Crippen LogP contribution in [0, 0.1) is 13.8 Å². The SMILES string of the molecule is Cc1cc(Cn2nc(C)c3cc(NC4=NCc5cccnc54)ccc32)no1. The fraction of sp³-hybridized carbons (Fsp3) is 0.200. The van der Waals surface area contributed by atoms with E-state index in [2.05, 4.69) is 43.7 Å². The van der Waals surface area contributed by atoms with Crippen molar-refractivity contribution in [2.75, 3.05) is 5.32 Å². The molecule has 5 rings (SSSR count). The van der Waals surface area contributed by atoms with Crippen molar-refractivity contribution < 1.29 is 4.52 Å². The Hall–Kier alpha value is -3.48. The average Bonchev–Trinajstić information content (AvgIpc) is 3.35. The highest BCUT2D eigenvalue weighted by Crippen LogP contribution is 2.25. The molecule has 27 heavy (non-hydrogen) atoms. The van der Waals surface area contributed by atoms with Crippen LogP contribution in [0.15, 0.2) is 52.1 Å². The monoisotopic (exact) mass is 358 g/mol. The molecule has 7 nitrogen and oxygen atoms in total. The first-order valence-corrected chi connectivity index (χ1v) is 8.82. The van der Waals surface area contributed by atoms with Crippen molar-refractivity contribution in [1.29, 1.82) is 0 Å². The Kier molecular flexibility index (Phi) is 3.53. The number of anilines is 1. The Bertz CT molecular complexity index is 1190. The highest BCUT2D eigenvalue weighted by atomic mass is 16.5. The fourth-order valence-electron chi connectivity index (χ4n) is 3.44. The summed E-state index contributed by atoms with van der Waals surface area (Å²) >= 11 is 0. The minimum absolute atomic E-state index is 0.582. The third kappa shape index (κ3) is 2.77. The van der Waals surface area contributed by atoms with Crippen molar-refractivity contribution in [3.05, 3.63) is 71.0 Å². The lowest BCUT2D eigenvalue weighted by Gasteiger charge is -2.07. The van der Waals surface area contributed by atoms with Crippen LogP contribution in [0.3, 0.4) is 0 Å². The molecule has 1 aliphatic heterocycles. The molecule has 4 aromatic rings. The molecule has 0 saturated heterocycles. The smallest absolute Gasteiger partial charge is 0.152 e. The summed E-state index contributed by atoms with van der Waals surface area (Å²) in [6.45, 7) is 5.15. The van der Waals surface area contributed by atoms with E-state index < -0.39 is 0 Å². The van der Waals surface area contributed by atoms with Gasteiger partial charge >= 0.3 is 0 Å². The zero-order valence-corrected chi connectivity index (χ0v) is 15.1. The van der Waals surface area contributed by atoms with Gasteiger partial charge in [0.25, 0.3) is 0 Å². The topological polar surface area (TPSA) is 81.1 Å². The van der Waals surface area contributed by atoms with E-state index in [1.165, 1.54) is 0 Å². The van der Waals surface area contributed by atoms with Crippen LogP contribution in [0.25, 0.3) is 10.9 Å². The molecule has 1 N–H and O–H groups in total. The number of pyridine rings is 1.